The van der Waals surface area contributed by atoms with Crippen molar-refractivity contribution in [2.24, 2.45) is 5.92 Å². The van der Waals surface area contributed by atoms with Gasteiger partial charge in [-0.1, -0.05) is 39.0 Å². The van der Waals surface area contributed by atoms with E-state index in [1.54, 1.807) is 12.1 Å². The van der Waals surface area contributed by atoms with Crippen LogP contribution in [0, 0.1) is 5.92 Å². The van der Waals surface area contributed by atoms with E-state index in [4.69, 9.17) is 0 Å². The quantitative estimate of drug-likeness (QED) is 0.887. The molecule has 2 rings (SSSR count). The Morgan fingerprint density at radius 2 is 1.85 bits per heavy atom. The van der Waals surface area contributed by atoms with Crippen LogP contribution in [0.1, 0.15) is 49.5 Å². The third-order valence-electron chi connectivity index (χ3n) is 3.63. The fourth-order valence-corrected chi connectivity index (χ4v) is 2.36. The van der Waals surface area contributed by atoms with Crippen molar-refractivity contribution in [2.75, 3.05) is 0 Å². The van der Waals surface area contributed by atoms with Gasteiger partial charge in [0.25, 0.3) is 5.91 Å². The van der Waals surface area contributed by atoms with Gasteiger partial charge in [-0.25, -0.2) is 4.79 Å². The van der Waals surface area contributed by atoms with E-state index in [-0.39, 0.29) is 17.2 Å². The second-order valence-corrected chi connectivity index (χ2v) is 6.42. The fourth-order valence-electron chi connectivity index (χ4n) is 2.36. The van der Waals surface area contributed by atoms with E-state index in [0.29, 0.717) is 5.56 Å². The first-order valence-corrected chi connectivity index (χ1v) is 6.94. The maximum atomic E-state index is 12.4. The largest absolute Gasteiger partial charge is 0.480 e. The molecule has 1 aromatic rings. The molecule has 1 atom stereocenters. The molecule has 0 aromatic heterocycles. The Hall–Kier alpha value is -1.84. The first kappa shape index (κ1) is 14.6. The third kappa shape index (κ3) is 3.18. The molecule has 0 radical (unpaired) electrons. The second kappa shape index (κ2) is 5.27. The summed E-state index contributed by atoms with van der Waals surface area (Å²) >= 11 is 0. The smallest absolute Gasteiger partial charge is 0.326 e. The molecule has 1 unspecified atom stereocenters. The summed E-state index contributed by atoms with van der Waals surface area (Å²) in [6.07, 6.45) is 1.75. The molecule has 1 fully saturated rings. The van der Waals surface area contributed by atoms with Crippen LogP contribution in [0.3, 0.4) is 0 Å². The Morgan fingerprint density at radius 1 is 1.25 bits per heavy atom. The number of hydrogen-bond donors (Lipinski definition) is 2. The molecule has 0 spiro atoms. The number of rotatable bonds is 4. The van der Waals surface area contributed by atoms with Gasteiger partial charge in [0.05, 0.1) is 0 Å². The van der Waals surface area contributed by atoms with E-state index in [1.807, 2.05) is 32.9 Å². The van der Waals surface area contributed by atoms with Crippen LogP contribution in [0.25, 0.3) is 0 Å². The van der Waals surface area contributed by atoms with Gasteiger partial charge in [-0.05, 0) is 35.8 Å². The van der Waals surface area contributed by atoms with Crippen LogP contribution in [0.15, 0.2) is 24.3 Å². The lowest BCUT2D eigenvalue weighted by atomic mass is 9.83. The van der Waals surface area contributed by atoms with Crippen molar-refractivity contribution in [1.29, 1.82) is 0 Å². The topological polar surface area (TPSA) is 66.4 Å². The molecule has 0 heterocycles. The van der Waals surface area contributed by atoms with Gasteiger partial charge in [-0.2, -0.15) is 0 Å². The molecule has 0 aliphatic heterocycles. The fraction of sp³-hybridized carbons (Fsp3) is 0.500. The SMILES string of the molecule is CC(C)(C)c1ccccc1C(=O)NC(C(=O)O)C1CC1. The van der Waals surface area contributed by atoms with Gasteiger partial charge in [-0.3, -0.25) is 4.79 Å². The van der Waals surface area contributed by atoms with Crippen molar-refractivity contribution < 1.29 is 14.7 Å². The van der Waals surface area contributed by atoms with Gasteiger partial charge in [0.15, 0.2) is 0 Å². The first-order valence-electron chi connectivity index (χ1n) is 6.94. The third-order valence-corrected chi connectivity index (χ3v) is 3.63. The predicted octanol–water partition coefficient (Wildman–Crippen LogP) is 2.58. The molecule has 20 heavy (non-hydrogen) atoms. The molecule has 1 aromatic carbocycles. The van der Waals surface area contributed by atoms with Gasteiger partial charge in [-0.15, -0.1) is 0 Å². The van der Waals surface area contributed by atoms with E-state index < -0.39 is 12.0 Å². The number of amides is 1. The molecule has 1 amide bonds. The van der Waals surface area contributed by atoms with Crippen LogP contribution < -0.4 is 5.32 Å². The Balaban J connectivity index is 2.23. The Labute approximate surface area is 119 Å². The van der Waals surface area contributed by atoms with Crippen LogP contribution >= 0.6 is 0 Å². The molecule has 4 heteroatoms. The predicted molar refractivity (Wildman–Crippen MR) is 76.8 cm³/mol. The molecular weight excluding hydrogens is 254 g/mol. The van der Waals surface area contributed by atoms with Gasteiger partial charge in [0.2, 0.25) is 0 Å². The maximum absolute atomic E-state index is 12.4. The van der Waals surface area contributed by atoms with Crippen molar-refractivity contribution in [1.82, 2.24) is 5.32 Å². The summed E-state index contributed by atoms with van der Waals surface area (Å²) in [5, 5.41) is 11.9. The van der Waals surface area contributed by atoms with Gasteiger partial charge < -0.3 is 10.4 Å². The van der Waals surface area contributed by atoms with Crippen LogP contribution in [-0.2, 0) is 10.2 Å². The summed E-state index contributed by atoms with van der Waals surface area (Å²) in [5.74, 6) is -1.16. The van der Waals surface area contributed by atoms with Crippen LogP contribution in [-0.4, -0.2) is 23.0 Å². The van der Waals surface area contributed by atoms with Crippen LogP contribution in [0.5, 0.6) is 0 Å². The summed E-state index contributed by atoms with van der Waals surface area (Å²) in [6, 6.07) is 6.60. The monoisotopic (exact) mass is 275 g/mol. The molecule has 0 bridgehead atoms. The average molecular weight is 275 g/mol. The highest BCUT2D eigenvalue weighted by Gasteiger charge is 2.37. The molecule has 4 nitrogen and oxygen atoms in total. The number of carboxylic acids is 1. The van der Waals surface area contributed by atoms with E-state index in [1.165, 1.54) is 0 Å². The summed E-state index contributed by atoms with van der Waals surface area (Å²) in [7, 11) is 0. The van der Waals surface area contributed by atoms with Crippen molar-refractivity contribution in [3.8, 4) is 0 Å². The van der Waals surface area contributed by atoms with Gasteiger partial charge >= 0.3 is 5.97 Å². The Kier molecular flexibility index (Phi) is 3.84. The number of carbonyl (C=O) groups excluding carboxylic acids is 1. The zero-order valence-electron chi connectivity index (χ0n) is 12.1. The van der Waals surface area contributed by atoms with Crippen LogP contribution in [0.2, 0.25) is 0 Å². The molecule has 1 aliphatic rings. The molecule has 2 N–H and O–H groups in total. The number of carboxylic acid groups (broad SMARTS) is 1. The molecule has 108 valence electrons. The minimum Gasteiger partial charge on any atom is -0.480 e. The van der Waals surface area contributed by atoms with E-state index in [2.05, 4.69) is 5.32 Å². The van der Waals surface area contributed by atoms with Gasteiger partial charge in [0, 0.05) is 5.56 Å². The zero-order chi connectivity index (χ0) is 14.9. The number of carbonyl (C=O) groups is 2. The molecular formula is C16H21NO3. The number of aliphatic carboxylic acids is 1. The molecule has 1 saturated carbocycles. The minimum atomic E-state index is -0.950. The highest BCUT2D eigenvalue weighted by molar-refractivity contribution is 5.98. The van der Waals surface area contributed by atoms with Crippen LogP contribution in [0.4, 0.5) is 0 Å². The highest BCUT2D eigenvalue weighted by Crippen LogP contribution is 2.33. The lowest BCUT2D eigenvalue weighted by Gasteiger charge is -2.23. The zero-order valence-corrected chi connectivity index (χ0v) is 12.1. The van der Waals surface area contributed by atoms with Crippen molar-refractivity contribution in [3.05, 3.63) is 35.4 Å². The second-order valence-electron chi connectivity index (χ2n) is 6.42. The Bertz CT molecular complexity index is 527. The number of nitrogens with one attached hydrogen (secondary N) is 1. The highest BCUT2D eigenvalue weighted by atomic mass is 16.4. The standard InChI is InChI=1S/C16H21NO3/c1-16(2,3)12-7-5-4-6-11(12)14(18)17-13(15(19)20)10-8-9-10/h4-7,10,13H,8-9H2,1-3H3,(H,17,18)(H,19,20). The summed E-state index contributed by atoms with van der Waals surface area (Å²) in [4.78, 5) is 23.6. The van der Waals surface area contributed by atoms with E-state index in [9.17, 15) is 14.7 Å². The lowest BCUT2D eigenvalue weighted by Crippen LogP contribution is -2.43. The first-order chi connectivity index (χ1) is 9.30. The maximum Gasteiger partial charge on any atom is 0.326 e. The van der Waals surface area contributed by atoms with E-state index >= 15 is 0 Å². The van der Waals surface area contributed by atoms with Gasteiger partial charge in [0.1, 0.15) is 6.04 Å². The summed E-state index contributed by atoms with van der Waals surface area (Å²) < 4.78 is 0. The Morgan fingerprint density at radius 3 is 2.35 bits per heavy atom. The minimum absolute atomic E-state index is 0.0817. The van der Waals surface area contributed by atoms with Crippen molar-refractivity contribution >= 4 is 11.9 Å². The van der Waals surface area contributed by atoms with E-state index in [0.717, 1.165) is 18.4 Å². The average Bonchev–Trinajstić information content (AvgIpc) is 3.18. The normalized spacial score (nSPS) is 16.6. The summed E-state index contributed by atoms with van der Waals surface area (Å²) in [6.45, 7) is 6.11. The molecule has 0 saturated heterocycles. The molecule has 1 aliphatic carbocycles. The lowest BCUT2D eigenvalue weighted by molar-refractivity contribution is -0.139. The van der Waals surface area contributed by atoms with Crippen molar-refractivity contribution in [2.45, 2.75) is 45.1 Å². The summed E-state index contributed by atoms with van der Waals surface area (Å²) in [5.41, 5.74) is 1.33. The number of hydrogen-bond acceptors (Lipinski definition) is 2. The van der Waals surface area contributed by atoms with Crippen molar-refractivity contribution in [3.63, 3.8) is 0 Å². The number of benzene rings is 1.